The molecule has 0 fully saturated rings. The van der Waals surface area contributed by atoms with Crippen molar-refractivity contribution in [3.63, 3.8) is 0 Å². The predicted molar refractivity (Wildman–Crippen MR) is 49.6 cm³/mol. The number of nitriles is 1. The summed E-state index contributed by atoms with van der Waals surface area (Å²) in [6.07, 6.45) is 2.74. The van der Waals surface area contributed by atoms with E-state index in [2.05, 4.69) is 10.3 Å². The largest absolute Gasteiger partial charge is 0.367 e. The van der Waals surface area contributed by atoms with Crippen molar-refractivity contribution in [3.05, 3.63) is 34.2 Å². The Kier molecular flexibility index (Phi) is 3.02. The molecular formula is C9H9N3O2. The normalized spacial score (nSPS) is 11.4. The molecule has 0 aliphatic heterocycles. The summed E-state index contributed by atoms with van der Waals surface area (Å²) in [6, 6.07) is 2.49. The van der Waals surface area contributed by atoms with E-state index in [9.17, 15) is 9.59 Å². The Labute approximate surface area is 80.4 Å². The van der Waals surface area contributed by atoms with Crippen molar-refractivity contribution in [2.75, 3.05) is 0 Å². The summed E-state index contributed by atoms with van der Waals surface area (Å²) in [5.74, 6) is -0.541. The van der Waals surface area contributed by atoms with Gasteiger partial charge in [0, 0.05) is 18.5 Å². The zero-order chi connectivity index (χ0) is 10.6. The maximum atomic E-state index is 11.4. The molecule has 1 amide bonds. The molecule has 0 aliphatic carbocycles. The monoisotopic (exact) mass is 191 g/mol. The van der Waals surface area contributed by atoms with Gasteiger partial charge in [-0.05, 0) is 6.92 Å². The van der Waals surface area contributed by atoms with Crippen LogP contribution in [0.4, 0.5) is 0 Å². The third-order valence-electron chi connectivity index (χ3n) is 1.61. The zero-order valence-corrected chi connectivity index (χ0v) is 7.57. The number of aromatic amines is 1. The number of nitrogens with zero attached hydrogens (tertiary/aromatic N) is 1. The van der Waals surface area contributed by atoms with E-state index in [1.807, 2.05) is 6.07 Å². The molecule has 1 aromatic rings. The molecule has 0 radical (unpaired) electrons. The molecule has 72 valence electrons. The quantitative estimate of drug-likeness (QED) is 0.690. The van der Waals surface area contributed by atoms with Gasteiger partial charge in [-0.1, -0.05) is 0 Å². The summed E-state index contributed by atoms with van der Waals surface area (Å²) in [7, 11) is 0. The molecule has 14 heavy (non-hydrogen) atoms. The highest BCUT2D eigenvalue weighted by molar-refractivity contribution is 5.94. The molecule has 0 spiro atoms. The average molecular weight is 191 g/mol. The van der Waals surface area contributed by atoms with E-state index < -0.39 is 11.9 Å². The van der Waals surface area contributed by atoms with Crippen molar-refractivity contribution >= 4 is 5.91 Å². The summed E-state index contributed by atoms with van der Waals surface area (Å²) in [6.45, 7) is 1.54. The number of rotatable bonds is 2. The molecule has 1 heterocycles. The number of aromatic nitrogens is 1. The highest BCUT2D eigenvalue weighted by atomic mass is 16.2. The van der Waals surface area contributed by atoms with Crippen molar-refractivity contribution in [1.82, 2.24) is 10.3 Å². The van der Waals surface area contributed by atoms with Crippen LogP contribution in [0.15, 0.2) is 23.3 Å². The molecule has 0 aromatic carbocycles. The van der Waals surface area contributed by atoms with Crippen LogP contribution in [-0.4, -0.2) is 16.9 Å². The lowest BCUT2D eigenvalue weighted by atomic mass is 10.2. The first kappa shape index (κ1) is 9.99. The van der Waals surface area contributed by atoms with E-state index in [0.29, 0.717) is 0 Å². The lowest BCUT2D eigenvalue weighted by Gasteiger charge is -2.04. The number of pyridine rings is 1. The fourth-order valence-electron chi connectivity index (χ4n) is 0.900. The van der Waals surface area contributed by atoms with Crippen molar-refractivity contribution in [2.24, 2.45) is 0 Å². The van der Waals surface area contributed by atoms with Crippen LogP contribution >= 0.6 is 0 Å². The molecule has 0 aliphatic rings. The first-order valence-electron chi connectivity index (χ1n) is 4.02. The van der Waals surface area contributed by atoms with Crippen LogP contribution < -0.4 is 10.7 Å². The van der Waals surface area contributed by atoms with Crippen LogP contribution in [-0.2, 0) is 0 Å². The van der Waals surface area contributed by atoms with Gasteiger partial charge in [-0.2, -0.15) is 5.26 Å². The van der Waals surface area contributed by atoms with Crippen molar-refractivity contribution in [2.45, 2.75) is 13.0 Å². The van der Waals surface area contributed by atoms with E-state index in [1.54, 1.807) is 0 Å². The molecule has 0 bridgehead atoms. The molecule has 5 nitrogen and oxygen atoms in total. The molecule has 1 unspecified atom stereocenters. The Bertz CT molecular complexity index is 430. The summed E-state index contributed by atoms with van der Waals surface area (Å²) < 4.78 is 0. The summed E-state index contributed by atoms with van der Waals surface area (Å²) in [5, 5.41) is 10.8. The average Bonchev–Trinajstić information content (AvgIpc) is 2.18. The molecular weight excluding hydrogens is 182 g/mol. The molecule has 1 aromatic heterocycles. The number of H-pyrrole nitrogens is 1. The Hall–Kier alpha value is -2.09. The van der Waals surface area contributed by atoms with Crippen LogP contribution in [0.25, 0.3) is 0 Å². The smallest absolute Gasteiger partial charge is 0.257 e. The highest BCUT2D eigenvalue weighted by Crippen LogP contribution is 1.89. The van der Waals surface area contributed by atoms with Crippen LogP contribution in [0, 0.1) is 11.3 Å². The third-order valence-corrected chi connectivity index (χ3v) is 1.61. The summed E-state index contributed by atoms with van der Waals surface area (Å²) in [4.78, 5) is 25.1. The van der Waals surface area contributed by atoms with E-state index in [-0.39, 0.29) is 11.0 Å². The van der Waals surface area contributed by atoms with Crippen molar-refractivity contribution in [1.29, 1.82) is 5.26 Å². The van der Waals surface area contributed by atoms with E-state index >= 15 is 0 Å². The molecule has 1 atom stereocenters. The lowest BCUT2D eigenvalue weighted by Crippen LogP contribution is -2.34. The van der Waals surface area contributed by atoms with E-state index in [4.69, 9.17) is 5.26 Å². The fourth-order valence-corrected chi connectivity index (χ4v) is 0.900. The number of hydrogen-bond acceptors (Lipinski definition) is 3. The number of amides is 1. The zero-order valence-electron chi connectivity index (χ0n) is 7.57. The van der Waals surface area contributed by atoms with E-state index in [1.165, 1.54) is 25.4 Å². The molecule has 5 heteroatoms. The minimum absolute atomic E-state index is 0.00889. The second-order valence-electron chi connectivity index (χ2n) is 2.75. The van der Waals surface area contributed by atoms with Gasteiger partial charge in [-0.25, -0.2) is 0 Å². The van der Waals surface area contributed by atoms with Gasteiger partial charge in [-0.3, -0.25) is 9.59 Å². The maximum absolute atomic E-state index is 11.4. The fraction of sp³-hybridized carbons (Fsp3) is 0.222. The standard InChI is InChI=1S/C9H9N3O2/c1-6(4-10)12-9(14)7-5-11-3-2-8(7)13/h2-3,5-6H,1H3,(H,11,13)(H,12,14). The number of nitrogens with one attached hydrogen (secondary N) is 2. The summed E-state index contributed by atoms with van der Waals surface area (Å²) in [5.41, 5.74) is -0.360. The van der Waals surface area contributed by atoms with Gasteiger partial charge in [0.05, 0.1) is 6.07 Å². The first-order chi connectivity index (χ1) is 6.65. The van der Waals surface area contributed by atoms with Crippen LogP contribution in [0.5, 0.6) is 0 Å². The predicted octanol–water partition coefficient (Wildman–Crippen LogP) is 0.0168. The Morgan fingerprint density at radius 1 is 1.71 bits per heavy atom. The number of hydrogen-bond donors (Lipinski definition) is 2. The van der Waals surface area contributed by atoms with Crippen LogP contribution in [0.1, 0.15) is 17.3 Å². The molecule has 0 saturated heterocycles. The van der Waals surface area contributed by atoms with E-state index in [0.717, 1.165) is 0 Å². The van der Waals surface area contributed by atoms with Gasteiger partial charge in [0.15, 0.2) is 5.43 Å². The van der Waals surface area contributed by atoms with Crippen LogP contribution in [0.2, 0.25) is 0 Å². The Morgan fingerprint density at radius 2 is 2.43 bits per heavy atom. The first-order valence-corrected chi connectivity index (χ1v) is 4.02. The van der Waals surface area contributed by atoms with Crippen molar-refractivity contribution in [3.8, 4) is 6.07 Å². The van der Waals surface area contributed by atoms with Gasteiger partial charge in [0.2, 0.25) is 0 Å². The number of carbonyl (C=O) groups excluding carboxylic acids is 1. The maximum Gasteiger partial charge on any atom is 0.257 e. The topological polar surface area (TPSA) is 85.8 Å². The van der Waals surface area contributed by atoms with Gasteiger partial charge >= 0.3 is 0 Å². The molecule has 0 saturated carbocycles. The second kappa shape index (κ2) is 4.23. The third kappa shape index (κ3) is 2.20. The Morgan fingerprint density at radius 3 is 3.00 bits per heavy atom. The Balaban J connectivity index is 2.87. The van der Waals surface area contributed by atoms with Gasteiger partial charge < -0.3 is 10.3 Å². The SMILES string of the molecule is CC(C#N)NC(=O)c1c[nH]ccc1=O. The van der Waals surface area contributed by atoms with Crippen molar-refractivity contribution < 1.29 is 4.79 Å². The summed E-state index contributed by atoms with van der Waals surface area (Å²) >= 11 is 0. The second-order valence-corrected chi connectivity index (χ2v) is 2.75. The molecule has 1 rings (SSSR count). The number of carbonyl (C=O) groups is 1. The highest BCUT2D eigenvalue weighted by Gasteiger charge is 2.11. The lowest BCUT2D eigenvalue weighted by molar-refractivity contribution is 0.0946. The van der Waals surface area contributed by atoms with Gasteiger partial charge in [-0.15, -0.1) is 0 Å². The minimum atomic E-state index is -0.609. The van der Waals surface area contributed by atoms with Gasteiger partial charge in [0.1, 0.15) is 11.6 Å². The molecule has 2 N–H and O–H groups in total. The van der Waals surface area contributed by atoms with Crippen LogP contribution in [0.3, 0.4) is 0 Å². The minimum Gasteiger partial charge on any atom is -0.367 e. The van der Waals surface area contributed by atoms with Gasteiger partial charge in [0.25, 0.3) is 5.91 Å².